The Bertz CT molecular complexity index is 518. The lowest BCUT2D eigenvalue weighted by atomic mass is 9.78. The molecule has 0 aromatic heterocycles. The van der Waals surface area contributed by atoms with Crippen LogP contribution < -0.4 is 5.46 Å². The van der Waals surface area contributed by atoms with E-state index >= 15 is 0 Å². The van der Waals surface area contributed by atoms with E-state index in [1.54, 1.807) is 0 Å². The Hall–Kier alpha value is -1.39. The van der Waals surface area contributed by atoms with Gasteiger partial charge in [-0.3, -0.25) is 4.79 Å². The van der Waals surface area contributed by atoms with Gasteiger partial charge in [0.1, 0.15) is 0 Å². The van der Waals surface area contributed by atoms with Crippen molar-refractivity contribution in [3.8, 4) is 0 Å². The minimum atomic E-state index is -0.390. The van der Waals surface area contributed by atoms with Gasteiger partial charge in [-0.05, 0) is 44.8 Å². The standard InChI is InChI=1S/C16H21BO3/c1-6-14(18)11-12-8-7-9-13(10-12)17-19-15(2,3)16(4,5)20-17/h6-10H,1,11H2,2-5H3. The largest absolute Gasteiger partial charge is 0.494 e. The van der Waals surface area contributed by atoms with Crippen LogP contribution in [-0.4, -0.2) is 24.1 Å². The summed E-state index contributed by atoms with van der Waals surface area (Å²) in [5.41, 5.74) is 1.18. The number of hydrogen-bond acceptors (Lipinski definition) is 3. The van der Waals surface area contributed by atoms with Crippen LogP contribution in [0.15, 0.2) is 36.9 Å². The maximum Gasteiger partial charge on any atom is 0.494 e. The lowest BCUT2D eigenvalue weighted by molar-refractivity contribution is -0.114. The number of carbonyl (C=O) groups excluding carboxylic acids is 1. The maximum absolute atomic E-state index is 11.4. The molecule has 0 N–H and O–H groups in total. The molecule has 2 rings (SSSR count). The summed E-state index contributed by atoms with van der Waals surface area (Å²) in [6.45, 7) is 11.6. The predicted octanol–water partition coefficient (Wildman–Crippen LogP) is 2.28. The zero-order valence-corrected chi connectivity index (χ0v) is 12.6. The van der Waals surface area contributed by atoms with E-state index < -0.39 is 7.12 Å². The average molecular weight is 272 g/mol. The summed E-state index contributed by atoms with van der Waals surface area (Å²) >= 11 is 0. The summed E-state index contributed by atoms with van der Waals surface area (Å²) in [6.07, 6.45) is 1.71. The van der Waals surface area contributed by atoms with Gasteiger partial charge >= 0.3 is 7.12 Å². The molecule has 1 aromatic rings. The van der Waals surface area contributed by atoms with Gasteiger partial charge in [-0.1, -0.05) is 30.8 Å². The van der Waals surface area contributed by atoms with Crippen LogP contribution >= 0.6 is 0 Å². The van der Waals surface area contributed by atoms with E-state index in [1.807, 2.05) is 52.0 Å². The van der Waals surface area contributed by atoms with Gasteiger partial charge in [-0.2, -0.15) is 0 Å². The number of benzene rings is 1. The van der Waals surface area contributed by atoms with Gasteiger partial charge in [0, 0.05) is 6.42 Å². The van der Waals surface area contributed by atoms with Crippen molar-refractivity contribution in [2.75, 3.05) is 0 Å². The summed E-state index contributed by atoms with van der Waals surface area (Å²) in [4.78, 5) is 11.4. The summed E-state index contributed by atoms with van der Waals surface area (Å²) in [5.74, 6) is 0.0102. The summed E-state index contributed by atoms with van der Waals surface area (Å²) < 4.78 is 12.0. The van der Waals surface area contributed by atoms with Crippen LogP contribution in [0.3, 0.4) is 0 Å². The van der Waals surface area contributed by atoms with Crippen LogP contribution in [0.1, 0.15) is 33.3 Å². The average Bonchev–Trinajstić information content (AvgIpc) is 2.59. The van der Waals surface area contributed by atoms with Gasteiger partial charge in [0.15, 0.2) is 5.78 Å². The van der Waals surface area contributed by atoms with Gasteiger partial charge < -0.3 is 9.31 Å². The number of carbonyl (C=O) groups is 1. The first kappa shape index (κ1) is 15.0. The highest BCUT2D eigenvalue weighted by Gasteiger charge is 2.51. The van der Waals surface area contributed by atoms with E-state index in [-0.39, 0.29) is 17.0 Å². The Morgan fingerprint density at radius 3 is 2.40 bits per heavy atom. The van der Waals surface area contributed by atoms with Crippen molar-refractivity contribution >= 4 is 18.4 Å². The highest BCUT2D eigenvalue weighted by Crippen LogP contribution is 2.36. The SMILES string of the molecule is C=CC(=O)Cc1cccc(B2OC(C)(C)C(C)(C)O2)c1. The van der Waals surface area contributed by atoms with Gasteiger partial charge in [0.2, 0.25) is 0 Å². The molecule has 20 heavy (non-hydrogen) atoms. The molecular formula is C16H21BO3. The fourth-order valence-electron chi connectivity index (χ4n) is 2.10. The molecule has 106 valence electrons. The van der Waals surface area contributed by atoms with E-state index in [4.69, 9.17) is 9.31 Å². The van der Waals surface area contributed by atoms with E-state index in [1.165, 1.54) is 6.08 Å². The third-order valence-corrected chi connectivity index (χ3v) is 4.08. The highest BCUT2D eigenvalue weighted by atomic mass is 16.7. The lowest BCUT2D eigenvalue weighted by Gasteiger charge is -2.32. The number of allylic oxidation sites excluding steroid dienone is 1. The Morgan fingerprint density at radius 1 is 1.25 bits per heavy atom. The van der Waals surface area contributed by atoms with E-state index in [0.29, 0.717) is 6.42 Å². The fourth-order valence-corrected chi connectivity index (χ4v) is 2.10. The van der Waals surface area contributed by atoms with Crippen LogP contribution in [0.2, 0.25) is 0 Å². The van der Waals surface area contributed by atoms with Crippen LogP contribution in [-0.2, 0) is 20.5 Å². The molecule has 1 aliphatic rings. The van der Waals surface area contributed by atoms with E-state index in [9.17, 15) is 4.79 Å². The van der Waals surface area contributed by atoms with Gasteiger partial charge in [-0.15, -0.1) is 0 Å². The molecule has 1 heterocycles. The smallest absolute Gasteiger partial charge is 0.399 e. The summed E-state index contributed by atoms with van der Waals surface area (Å²) in [5, 5.41) is 0. The fraction of sp³-hybridized carbons (Fsp3) is 0.438. The first-order chi connectivity index (χ1) is 9.25. The third kappa shape index (κ3) is 2.86. The Morgan fingerprint density at radius 2 is 1.85 bits per heavy atom. The predicted molar refractivity (Wildman–Crippen MR) is 81.1 cm³/mol. The summed E-state index contributed by atoms with van der Waals surface area (Å²) in [7, 11) is -0.390. The van der Waals surface area contributed by atoms with Crippen molar-refractivity contribution < 1.29 is 14.1 Å². The van der Waals surface area contributed by atoms with Crippen LogP contribution in [0.5, 0.6) is 0 Å². The molecule has 1 aliphatic heterocycles. The van der Waals surface area contributed by atoms with Crippen LogP contribution in [0.25, 0.3) is 0 Å². The zero-order chi connectivity index (χ0) is 15.0. The van der Waals surface area contributed by atoms with E-state index in [0.717, 1.165) is 11.0 Å². The number of rotatable bonds is 4. The molecule has 4 heteroatoms. The zero-order valence-electron chi connectivity index (χ0n) is 12.6. The first-order valence-electron chi connectivity index (χ1n) is 6.85. The van der Waals surface area contributed by atoms with Gasteiger partial charge in [0.05, 0.1) is 11.2 Å². The molecule has 3 nitrogen and oxygen atoms in total. The van der Waals surface area contributed by atoms with E-state index in [2.05, 4.69) is 6.58 Å². The molecular weight excluding hydrogens is 251 g/mol. The molecule has 1 saturated heterocycles. The second-order valence-electron chi connectivity index (χ2n) is 6.18. The van der Waals surface area contributed by atoms with Crippen LogP contribution in [0, 0.1) is 0 Å². The monoisotopic (exact) mass is 272 g/mol. The van der Waals surface area contributed by atoms with Crippen molar-refractivity contribution in [3.63, 3.8) is 0 Å². The highest BCUT2D eigenvalue weighted by molar-refractivity contribution is 6.62. The molecule has 1 aromatic carbocycles. The minimum Gasteiger partial charge on any atom is -0.399 e. The lowest BCUT2D eigenvalue weighted by Crippen LogP contribution is -2.41. The normalized spacial score (nSPS) is 19.9. The Labute approximate surface area is 121 Å². The van der Waals surface area contributed by atoms with Gasteiger partial charge in [-0.25, -0.2) is 0 Å². The summed E-state index contributed by atoms with van der Waals surface area (Å²) in [6, 6.07) is 7.77. The first-order valence-corrected chi connectivity index (χ1v) is 6.85. The van der Waals surface area contributed by atoms with Crippen molar-refractivity contribution in [2.45, 2.75) is 45.3 Å². The van der Waals surface area contributed by atoms with Crippen LogP contribution in [0.4, 0.5) is 0 Å². The second-order valence-corrected chi connectivity index (χ2v) is 6.18. The molecule has 0 saturated carbocycles. The number of hydrogen-bond donors (Lipinski definition) is 0. The molecule has 1 fully saturated rings. The molecule has 0 amide bonds. The molecule has 0 bridgehead atoms. The topological polar surface area (TPSA) is 35.5 Å². The second kappa shape index (κ2) is 5.19. The maximum atomic E-state index is 11.4. The van der Waals surface area contributed by atoms with Gasteiger partial charge in [0.25, 0.3) is 0 Å². The quantitative estimate of drug-likeness (QED) is 0.623. The molecule has 0 aliphatic carbocycles. The van der Waals surface area contributed by atoms with Crippen molar-refractivity contribution in [3.05, 3.63) is 42.5 Å². The molecule has 0 atom stereocenters. The third-order valence-electron chi connectivity index (χ3n) is 4.08. The Kier molecular flexibility index (Phi) is 3.89. The minimum absolute atomic E-state index is 0.0102. The van der Waals surface area contributed by atoms with Crippen molar-refractivity contribution in [1.82, 2.24) is 0 Å². The van der Waals surface area contributed by atoms with Crippen molar-refractivity contribution in [1.29, 1.82) is 0 Å². The molecule has 0 spiro atoms. The molecule has 0 radical (unpaired) electrons. The van der Waals surface area contributed by atoms with Crippen molar-refractivity contribution in [2.24, 2.45) is 0 Å². The molecule has 0 unspecified atom stereocenters. The Balaban J connectivity index is 2.21. The number of ketones is 1.